The fraction of sp³-hybridized carbons (Fsp3) is 0.167. The van der Waals surface area contributed by atoms with Crippen LogP contribution < -0.4 is 4.74 Å². The van der Waals surface area contributed by atoms with Crippen LogP contribution in [0.5, 0.6) is 11.5 Å². The predicted molar refractivity (Wildman–Crippen MR) is 82.1 cm³/mol. The quantitative estimate of drug-likeness (QED) is 0.399. The maximum atomic E-state index is 14.0. The molecule has 6 heteroatoms. The van der Waals surface area contributed by atoms with Gasteiger partial charge >= 0.3 is 0 Å². The maximum Gasteiger partial charge on any atom is 0.205 e. The van der Waals surface area contributed by atoms with Gasteiger partial charge in [-0.25, -0.2) is 8.78 Å². The smallest absolute Gasteiger partial charge is 0.205 e. The van der Waals surface area contributed by atoms with Gasteiger partial charge in [0.2, 0.25) is 17.4 Å². The van der Waals surface area contributed by atoms with Crippen molar-refractivity contribution in [3.8, 4) is 11.5 Å². The highest BCUT2D eigenvalue weighted by molar-refractivity contribution is 5.95. The zero-order valence-electron chi connectivity index (χ0n) is 13.0. The third-order valence-electron chi connectivity index (χ3n) is 3.31. The molecule has 0 spiro atoms. The molecule has 2 aromatic carbocycles. The van der Waals surface area contributed by atoms with Crippen LogP contribution in [0.15, 0.2) is 30.3 Å². The van der Waals surface area contributed by atoms with Crippen LogP contribution in [0.2, 0.25) is 0 Å². The van der Waals surface area contributed by atoms with Crippen molar-refractivity contribution >= 4 is 11.9 Å². The Bertz CT molecular complexity index is 767. The topological polar surface area (TPSA) is 26.3 Å². The summed E-state index contributed by atoms with van der Waals surface area (Å²) in [5.74, 6) is -7.69. The monoisotopic (exact) mass is 338 g/mol. The van der Waals surface area contributed by atoms with E-state index in [1.165, 1.54) is 37.3 Å². The molecule has 126 valence electrons. The van der Waals surface area contributed by atoms with Gasteiger partial charge in [0, 0.05) is 12.0 Å². The predicted octanol–water partition coefficient (Wildman–Crippen LogP) is 5.66. The second kappa shape index (κ2) is 7.29. The van der Waals surface area contributed by atoms with E-state index in [2.05, 4.69) is 0 Å². The molecule has 0 aliphatic rings. The van der Waals surface area contributed by atoms with E-state index in [0.717, 1.165) is 6.08 Å². The second-order valence-electron chi connectivity index (χ2n) is 4.90. The van der Waals surface area contributed by atoms with Gasteiger partial charge in [0.15, 0.2) is 17.4 Å². The number of benzene rings is 2. The molecule has 0 radical (unpaired) electrons. The maximum absolute atomic E-state index is 14.0. The first kappa shape index (κ1) is 17.7. The van der Waals surface area contributed by atoms with E-state index in [0.29, 0.717) is 12.0 Å². The molecule has 0 unspecified atom stereocenters. The van der Waals surface area contributed by atoms with Gasteiger partial charge in [-0.1, -0.05) is 19.1 Å². The van der Waals surface area contributed by atoms with E-state index in [-0.39, 0.29) is 11.5 Å². The van der Waals surface area contributed by atoms with Crippen LogP contribution in [-0.2, 0) is 0 Å². The molecule has 2 rings (SSSR count). The largest absolute Gasteiger partial charge is 0.451 e. The van der Waals surface area contributed by atoms with Crippen molar-refractivity contribution in [2.75, 3.05) is 0 Å². The number of carbonyl (C=O) groups excluding carboxylic acids is 1. The van der Waals surface area contributed by atoms with Gasteiger partial charge in [0.1, 0.15) is 5.75 Å². The number of allylic oxidation sites excluding steroid dienone is 1. The first-order valence-corrected chi connectivity index (χ1v) is 7.20. The third kappa shape index (κ3) is 3.32. The van der Waals surface area contributed by atoms with Crippen LogP contribution in [0.3, 0.4) is 0 Å². The van der Waals surface area contributed by atoms with Crippen LogP contribution in [0.1, 0.15) is 36.2 Å². The summed E-state index contributed by atoms with van der Waals surface area (Å²) in [6, 6.07) is 5.38. The van der Waals surface area contributed by atoms with Crippen LogP contribution in [0, 0.1) is 23.3 Å². The van der Waals surface area contributed by atoms with Gasteiger partial charge in [0.05, 0.1) is 5.56 Å². The van der Waals surface area contributed by atoms with Crippen molar-refractivity contribution in [3.05, 3.63) is 64.7 Å². The summed E-state index contributed by atoms with van der Waals surface area (Å²) in [7, 11) is 0. The van der Waals surface area contributed by atoms with Crippen LogP contribution in [-0.4, -0.2) is 5.78 Å². The summed E-state index contributed by atoms with van der Waals surface area (Å²) < 4.78 is 60.6. The molecule has 0 saturated carbocycles. The zero-order chi connectivity index (χ0) is 17.9. The molecule has 0 amide bonds. The molecule has 0 N–H and O–H groups in total. The number of ketones is 1. The molecule has 2 aromatic rings. The Morgan fingerprint density at radius 3 is 2.00 bits per heavy atom. The van der Waals surface area contributed by atoms with Gasteiger partial charge in [-0.05, 0) is 31.2 Å². The minimum Gasteiger partial charge on any atom is -0.451 e. The molecule has 0 fully saturated rings. The van der Waals surface area contributed by atoms with E-state index in [9.17, 15) is 22.4 Å². The lowest BCUT2D eigenvalue weighted by molar-refractivity contribution is 0.0988. The molecular formula is C18H14F4O2. The molecule has 0 atom stereocenters. The SMILES string of the molecule is CC=Cc1c(F)c(F)c(Oc2ccc(C(=O)CC)cc2)c(F)c1F. The van der Waals surface area contributed by atoms with Gasteiger partial charge in [-0.2, -0.15) is 8.78 Å². The number of halogens is 4. The molecule has 0 aliphatic carbocycles. The van der Waals surface area contributed by atoms with Crippen LogP contribution in [0.4, 0.5) is 17.6 Å². The van der Waals surface area contributed by atoms with Gasteiger partial charge in [-0.3, -0.25) is 4.79 Å². The highest BCUT2D eigenvalue weighted by Gasteiger charge is 2.25. The van der Waals surface area contributed by atoms with E-state index < -0.39 is 34.6 Å². The minimum atomic E-state index is -1.63. The fourth-order valence-corrected chi connectivity index (χ4v) is 2.06. The molecule has 24 heavy (non-hydrogen) atoms. The van der Waals surface area contributed by atoms with Gasteiger partial charge in [-0.15, -0.1) is 0 Å². The lowest BCUT2D eigenvalue weighted by atomic mass is 10.1. The summed E-state index contributed by atoms with van der Waals surface area (Å²) in [6.07, 6.45) is 2.47. The van der Waals surface area contributed by atoms with E-state index >= 15 is 0 Å². The molecule has 0 aromatic heterocycles. The standard InChI is InChI=1S/C18H14F4O2/c1-3-5-12-14(19)16(21)18(17(22)15(12)20)24-11-8-6-10(7-9-11)13(23)4-2/h3,5-9H,4H2,1-2H3. The van der Waals surface area contributed by atoms with Crippen molar-refractivity contribution < 1.29 is 27.1 Å². The Morgan fingerprint density at radius 1 is 1.00 bits per heavy atom. The lowest BCUT2D eigenvalue weighted by Gasteiger charge is -2.11. The van der Waals surface area contributed by atoms with Gasteiger partial charge in [0.25, 0.3) is 0 Å². The van der Waals surface area contributed by atoms with E-state index in [4.69, 9.17) is 4.74 Å². The molecule has 0 bridgehead atoms. The van der Waals surface area contributed by atoms with E-state index in [1.54, 1.807) is 6.92 Å². The zero-order valence-corrected chi connectivity index (χ0v) is 13.0. The average Bonchev–Trinajstić information content (AvgIpc) is 2.60. The third-order valence-corrected chi connectivity index (χ3v) is 3.31. The first-order chi connectivity index (χ1) is 11.4. The number of hydrogen-bond acceptors (Lipinski definition) is 2. The average molecular weight is 338 g/mol. The normalized spacial score (nSPS) is 11.1. The molecular weight excluding hydrogens is 324 g/mol. The Kier molecular flexibility index (Phi) is 5.39. The summed E-state index contributed by atoms with van der Waals surface area (Å²) in [5.41, 5.74) is -0.421. The second-order valence-corrected chi connectivity index (χ2v) is 4.90. The Labute approximate surface area is 136 Å². The lowest BCUT2D eigenvalue weighted by Crippen LogP contribution is -2.03. The number of rotatable bonds is 5. The number of hydrogen-bond donors (Lipinski definition) is 0. The Hall–Kier alpha value is -2.63. The number of carbonyl (C=O) groups is 1. The molecule has 0 aliphatic heterocycles. The summed E-state index contributed by atoms with van der Waals surface area (Å²) in [5, 5.41) is 0. The highest BCUT2D eigenvalue weighted by Crippen LogP contribution is 2.34. The van der Waals surface area contributed by atoms with Crippen LogP contribution in [0.25, 0.3) is 6.08 Å². The fourth-order valence-electron chi connectivity index (χ4n) is 2.06. The van der Waals surface area contributed by atoms with E-state index in [1.807, 2.05) is 0 Å². The van der Waals surface area contributed by atoms with Crippen molar-refractivity contribution in [1.82, 2.24) is 0 Å². The molecule has 2 nitrogen and oxygen atoms in total. The first-order valence-electron chi connectivity index (χ1n) is 7.20. The van der Waals surface area contributed by atoms with Crippen molar-refractivity contribution in [3.63, 3.8) is 0 Å². The van der Waals surface area contributed by atoms with Crippen molar-refractivity contribution in [1.29, 1.82) is 0 Å². The Morgan fingerprint density at radius 2 is 1.54 bits per heavy atom. The molecule has 0 saturated heterocycles. The van der Waals surface area contributed by atoms with Crippen molar-refractivity contribution in [2.45, 2.75) is 20.3 Å². The Balaban J connectivity index is 2.42. The molecule has 0 heterocycles. The van der Waals surface area contributed by atoms with Crippen LogP contribution >= 0.6 is 0 Å². The summed E-state index contributed by atoms with van der Waals surface area (Å²) in [6.45, 7) is 3.15. The van der Waals surface area contributed by atoms with Gasteiger partial charge < -0.3 is 4.74 Å². The summed E-state index contributed by atoms with van der Waals surface area (Å²) >= 11 is 0. The summed E-state index contributed by atoms with van der Waals surface area (Å²) in [4.78, 5) is 11.5. The minimum absolute atomic E-state index is 0.0574. The number of Topliss-reactive ketones (excluding diaryl/α,β-unsaturated/α-hetero) is 1. The number of ether oxygens (including phenoxy) is 1. The van der Waals surface area contributed by atoms with Crippen molar-refractivity contribution in [2.24, 2.45) is 0 Å². The highest BCUT2D eigenvalue weighted by atomic mass is 19.2.